The molecule has 4 fully saturated rings. The lowest BCUT2D eigenvalue weighted by molar-refractivity contribution is -0.283. The Labute approximate surface area is 150 Å². The maximum absolute atomic E-state index is 3.81. The monoisotopic (exact) mass is 328 g/mol. The molecule has 0 saturated heterocycles. The Morgan fingerprint density at radius 2 is 1.33 bits per heavy atom. The van der Waals surface area contributed by atoms with Crippen molar-refractivity contribution in [1.82, 2.24) is 0 Å². The highest BCUT2D eigenvalue weighted by Crippen LogP contribution is 2.75. The average molecular weight is 329 g/mol. The number of hydrogen-bond donors (Lipinski definition) is 0. The van der Waals surface area contributed by atoms with Crippen LogP contribution in [0, 0.1) is 41.4 Å². The van der Waals surface area contributed by atoms with Crippen molar-refractivity contribution in [1.29, 1.82) is 0 Å². The standard InChI is InChI=1S/C24H40/c1-2-3-4-5-6-7-8-11-14-18-17-21-22(18)24-20-16-13-10-9-12-15-19(20)23(21)24/h2,18-24H,1,3-17H2. The molecule has 0 amide bonds. The molecule has 4 rings (SSSR count). The summed E-state index contributed by atoms with van der Waals surface area (Å²) in [7, 11) is 0. The van der Waals surface area contributed by atoms with Gasteiger partial charge in [0.25, 0.3) is 0 Å². The largest absolute Gasteiger partial charge is 0.103 e. The minimum absolute atomic E-state index is 1.16. The van der Waals surface area contributed by atoms with E-state index in [-0.39, 0.29) is 0 Å². The minimum Gasteiger partial charge on any atom is -0.103 e. The summed E-state index contributed by atoms with van der Waals surface area (Å²) in [5.74, 6) is 8.39. The summed E-state index contributed by atoms with van der Waals surface area (Å²) in [4.78, 5) is 0. The number of hydrogen-bond acceptors (Lipinski definition) is 0. The summed E-state index contributed by atoms with van der Waals surface area (Å²) in [5, 5.41) is 0. The van der Waals surface area contributed by atoms with Crippen molar-refractivity contribution in [2.45, 2.75) is 96.3 Å². The van der Waals surface area contributed by atoms with Crippen LogP contribution in [0.5, 0.6) is 0 Å². The van der Waals surface area contributed by atoms with Gasteiger partial charge in [-0.05, 0) is 73.5 Å². The van der Waals surface area contributed by atoms with Crippen LogP contribution in [0.25, 0.3) is 0 Å². The molecule has 0 heterocycles. The Morgan fingerprint density at radius 3 is 2.08 bits per heavy atom. The van der Waals surface area contributed by atoms with Crippen LogP contribution in [0.2, 0.25) is 0 Å². The Bertz CT molecular complexity index is 410. The fraction of sp³-hybridized carbons (Fsp3) is 0.917. The molecule has 7 unspecified atom stereocenters. The van der Waals surface area contributed by atoms with Crippen LogP contribution in [-0.4, -0.2) is 0 Å². The van der Waals surface area contributed by atoms with Crippen LogP contribution < -0.4 is 0 Å². The van der Waals surface area contributed by atoms with Gasteiger partial charge in [0.05, 0.1) is 0 Å². The molecule has 0 aromatic carbocycles. The lowest BCUT2D eigenvalue weighted by atomic mass is 9.29. The second-order valence-corrected chi connectivity index (χ2v) is 9.70. The zero-order valence-corrected chi connectivity index (χ0v) is 15.9. The van der Waals surface area contributed by atoms with Crippen LogP contribution in [0.1, 0.15) is 96.3 Å². The lowest BCUT2D eigenvalue weighted by Crippen LogP contribution is -2.71. The van der Waals surface area contributed by atoms with Crippen LogP contribution in [0.3, 0.4) is 0 Å². The van der Waals surface area contributed by atoms with Gasteiger partial charge in [0.1, 0.15) is 0 Å². The van der Waals surface area contributed by atoms with Crippen molar-refractivity contribution in [3.8, 4) is 0 Å². The second-order valence-electron chi connectivity index (χ2n) is 9.70. The van der Waals surface area contributed by atoms with Crippen LogP contribution in [0.4, 0.5) is 0 Å². The predicted octanol–water partition coefficient (Wildman–Crippen LogP) is 7.39. The fourth-order valence-electron chi connectivity index (χ4n) is 7.47. The van der Waals surface area contributed by atoms with Crippen molar-refractivity contribution in [3.63, 3.8) is 0 Å². The van der Waals surface area contributed by atoms with Gasteiger partial charge in [-0.15, -0.1) is 6.58 Å². The Balaban J connectivity index is 1.12. The van der Waals surface area contributed by atoms with E-state index in [1.807, 2.05) is 0 Å². The van der Waals surface area contributed by atoms with Gasteiger partial charge in [0, 0.05) is 0 Å². The van der Waals surface area contributed by atoms with E-state index in [4.69, 9.17) is 0 Å². The molecule has 0 aromatic heterocycles. The van der Waals surface area contributed by atoms with E-state index in [1.54, 1.807) is 38.5 Å². The third kappa shape index (κ3) is 3.12. The van der Waals surface area contributed by atoms with Crippen LogP contribution in [0.15, 0.2) is 12.7 Å². The molecule has 0 aromatic rings. The molecule has 24 heavy (non-hydrogen) atoms. The Morgan fingerprint density at radius 1 is 0.667 bits per heavy atom. The molecule has 7 atom stereocenters. The highest BCUT2D eigenvalue weighted by Gasteiger charge is 2.70. The number of rotatable bonds is 9. The SMILES string of the molecule is C=CCCCCCCCCC1CC2C1C1C3CCCCCCC3C21. The second kappa shape index (κ2) is 7.96. The van der Waals surface area contributed by atoms with Gasteiger partial charge < -0.3 is 0 Å². The van der Waals surface area contributed by atoms with E-state index >= 15 is 0 Å². The Hall–Kier alpha value is -0.260. The van der Waals surface area contributed by atoms with E-state index in [0.717, 1.165) is 5.92 Å². The first kappa shape index (κ1) is 17.2. The van der Waals surface area contributed by atoms with Crippen molar-refractivity contribution >= 4 is 0 Å². The maximum Gasteiger partial charge on any atom is -0.0315 e. The van der Waals surface area contributed by atoms with Crippen molar-refractivity contribution < 1.29 is 0 Å². The van der Waals surface area contributed by atoms with Gasteiger partial charge >= 0.3 is 0 Å². The molecule has 0 N–H and O–H groups in total. The molecule has 4 saturated carbocycles. The predicted molar refractivity (Wildman–Crippen MR) is 104 cm³/mol. The highest BCUT2D eigenvalue weighted by atomic mass is 14.7. The van der Waals surface area contributed by atoms with Gasteiger partial charge in [-0.25, -0.2) is 0 Å². The van der Waals surface area contributed by atoms with Crippen molar-refractivity contribution in [3.05, 3.63) is 12.7 Å². The van der Waals surface area contributed by atoms with Gasteiger partial charge in [0.2, 0.25) is 0 Å². The molecule has 0 bridgehead atoms. The molecule has 0 spiro atoms. The maximum atomic E-state index is 3.81. The molecular weight excluding hydrogens is 288 g/mol. The molecule has 4 aliphatic rings. The van der Waals surface area contributed by atoms with Gasteiger partial charge in [-0.1, -0.05) is 70.3 Å². The topological polar surface area (TPSA) is 0 Å². The van der Waals surface area contributed by atoms with Crippen LogP contribution >= 0.6 is 0 Å². The molecule has 0 aliphatic heterocycles. The summed E-state index contributed by atoms with van der Waals surface area (Å²) in [6.07, 6.45) is 24.6. The summed E-state index contributed by atoms with van der Waals surface area (Å²) in [6, 6.07) is 0. The minimum atomic E-state index is 1.16. The zero-order chi connectivity index (χ0) is 16.4. The van der Waals surface area contributed by atoms with Gasteiger partial charge in [-0.2, -0.15) is 0 Å². The third-order valence-corrected chi connectivity index (χ3v) is 8.59. The first-order chi connectivity index (χ1) is 11.9. The fourth-order valence-corrected chi connectivity index (χ4v) is 7.47. The number of unbranched alkanes of at least 4 members (excludes halogenated alkanes) is 6. The van der Waals surface area contributed by atoms with E-state index in [1.165, 1.54) is 93.3 Å². The smallest absolute Gasteiger partial charge is 0.0315 e. The van der Waals surface area contributed by atoms with E-state index in [2.05, 4.69) is 12.7 Å². The first-order valence-electron chi connectivity index (χ1n) is 11.5. The third-order valence-electron chi connectivity index (χ3n) is 8.59. The van der Waals surface area contributed by atoms with E-state index in [9.17, 15) is 0 Å². The Kier molecular flexibility index (Phi) is 5.70. The normalized spacial score (nSPS) is 42.9. The average Bonchev–Trinajstić information content (AvgIpc) is 2.55. The summed E-state index contributed by atoms with van der Waals surface area (Å²) in [5.41, 5.74) is 0. The molecule has 0 heteroatoms. The molecule has 0 radical (unpaired) electrons. The van der Waals surface area contributed by atoms with Crippen molar-refractivity contribution in [2.24, 2.45) is 41.4 Å². The molecule has 4 aliphatic carbocycles. The molecule has 136 valence electrons. The molecule has 0 nitrogen and oxygen atoms in total. The van der Waals surface area contributed by atoms with Crippen LogP contribution in [-0.2, 0) is 0 Å². The van der Waals surface area contributed by atoms with Gasteiger partial charge in [-0.3, -0.25) is 0 Å². The first-order valence-corrected chi connectivity index (χ1v) is 11.5. The highest BCUT2D eigenvalue weighted by molar-refractivity contribution is 5.18. The van der Waals surface area contributed by atoms with Gasteiger partial charge in [0.15, 0.2) is 0 Å². The van der Waals surface area contributed by atoms with E-state index in [0.29, 0.717) is 0 Å². The van der Waals surface area contributed by atoms with Crippen molar-refractivity contribution in [2.75, 3.05) is 0 Å². The van der Waals surface area contributed by atoms with E-state index < -0.39 is 0 Å². The zero-order valence-electron chi connectivity index (χ0n) is 15.9. The quantitative estimate of drug-likeness (QED) is 0.306. The summed E-state index contributed by atoms with van der Waals surface area (Å²) >= 11 is 0. The number of fused-ring (bicyclic) bond motifs is 7. The lowest BCUT2D eigenvalue weighted by Gasteiger charge is -2.76. The number of allylic oxidation sites excluding steroid dienone is 1. The summed E-state index contributed by atoms with van der Waals surface area (Å²) in [6.45, 7) is 3.81. The summed E-state index contributed by atoms with van der Waals surface area (Å²) < 4.78 is 0. The molecular formula is C24H40.